The van der Waals surface area contributed by atoms with Crippen molar-refractivity contribution in [3.05, 3.63) is 100.0 Å². The Morgan fingerprint density at radius 2 is 1.44 bits per heavy atom. The zero-order valence-electron chi connectivity index (χ0n) is 20.1. The lowest BCUT2D eigenvalue weighted by Gasteiger charge is -2.23. The zero-order chi connectivity index (χ0) is 29.2. The topological polar surface area (TPSA) is 218 Å². The van der Waals surface area contributed by atoms with Crippen molar-refractivity contribution in [1.29, 1.82) is 0 Å². The van der Waals surface area contributed by atoms with Crippen molar-refractivity contribution in [1.82, 2.24) is 5.32 Å². The molecular weight excluding hydrogens is 572 g/mol. The normalized spacial score (nSPS) is 17.9. The molecule has 12 nitrogen and oxygen atoms in total. The lowest BCUT2D eigenvalue weighted by Crippen LogP contribution is -2.28. The lowest BCUT2D eigenvalue weighted by molar-refractivity contribution is 0.0966. The Labute approximate surface area is 225 Å². The third kappa shape index (κ3) is 7.72. The predicted octanol–water partition coefficient (Wildman–Crippen LogP) is 2.70. The van der Waals surface area contributed by atoms with Crippen molar-refractivity contribution >= 4 is 41.9 Å². The summed E-state index contributed by atoms with van der Waals surface area (Å²) in [6.45, 7) is 3.17. The predicted molar refractivity (Wildman–Crippen MR) is 145 cm³/mol. The number of anilines is 1. The van der Waals surface area contributed by atoms with Gasteiger partial charge in [-0.15, -0.1) is 0 Å². The number of hydrogen-bond donors (Lipinski definition) is 5. The molecule has 0 saturated carbocycles. The summed E-state index contributed by atoms with van der Waals surface area (Å²) in [4.78, 5) is 11.3. The van der Waals surface area contributed by atoms with Crippen LogP contribution in [0.1, 0.15) is 23.2 Å². The minimum absolute atomic E-state index is 0.110. The standard InChI is InChI=1S/C24H24N2O10S3/c1-15(37(28,29)30)2-13-22(21-12-11-20(38(31,32)33)14-23(21)39(34,35)36)26-24(27)18-5-3-16(4-6-18)17-7-9-19(25)10-8-17/h2-10,13-14,20H,1,11-12,25H2,(H,26,27)(H,28,29,30)(H,31,32,33)(H,34,35,36)/b13-2-,22-21-. The minimum Gasteiger partial charge on any atom is -0.399 e. The van der Waals surface area contributed by atoms with Crippen LogP contribution in [0.25, 0.3) is 11.1 Å². The fourth-order valence-corrected chi connectivity index (χ4v) is 5.58. The molecule has 1 aliphatic rings. The number of nitrogens with two attached hydrogens (primary N) is 1. The van der Waals surface area contributed by atoms with Gasteiger partial charge in [0.25, 0.3) is 36.3 Å². The number of nitrogens with one attached hydrogen (secondary N) is 1. The van der Waals surface area contributed by atoms with Crippen LogP contribution in [0.2, 0.25) is 0 Å². The van der Waals surface area contributed by atoms with Crippen LogP contribution in [0.5, 0.6) is 0 Å². The summed E-state index contributed by atoms with van der Waals surface area (Å²) < 4.78 is 98.4. The third-order valence-corrected chi connectivity index (χ3v) is 8.58. The summed E-state index contributed by atoms with van der Waals surface area (Å²) >= 11 is 0. The Hall–Kier alpha value is -3.60. The zero-order valence-corrected chi connectivity index (χ0v) is 22.5. The summed E-state index contributed by atoms with van der Waals surface area (Å²) in [5.41, 5.74) is 7.36. The molecule has 0 aliphatic heterocycles. The van der Waals surface area contributed by atoms with E-state index in [-0.39, 0.29) is 29.7 Å². The first-order valence-corrected chi connectivity index (χ1v) is 15.4. The molecule has 0 spiro atoms. The van der Waals surface area contributed by atoms with Crippen LogP contribution in [-0.2, 0) is 30.4 Å². The number of carbonyl (C=O) groups excluding carboxylic acids is 1. The van der Waals surface area contributed by atoms with E-state index >= 15 is 0 Å². The fraction of sp³-hybridized carbons (Fsp3) is 0.125. The Kier molecular flexibility index (Phi) is 8.64. The molecule has 2 aromatic carbocycles. The molecule has 1 amide bonds. The van der Waals surface area contributed by atoms with Crippen LogP contribution in [0.3, 0.4) is 0 Å². The summed E-state index contributed by atoms with van der Waals surface area (Å²) in [5, 5.41) is 0.764. The second-order valence-corrected chi connectivity index (χ2v) is 12.9. The van der Waals surface area contributed by atoms with Gasteiger partial charge in [0, 0.05) is 16.9 Å². The fourth-order valence-electron chi connectivity index (χ4n) is 3.67. The molecule has 6 N–H and O–H groups in total. The van der Waals surface area contributed by atoms with Gasteiger partial charge >= 0.3 is 0 Å². The molecule has 0 heterocycles. The number of nitrogen functional groups attached to an aromatic ring is 1. The van der Waals surface area contributed by atoms with E-state index in [9.17, 15) is 43.7 Å². The Bertz CT molecular complexity index is 1720. The maximum absolute atomic E-state index is 13.1. The van der Waals surface area contributed by atoms with E-state index in [0.29, 0.717) is 11.8 Å². The van der Waals surface area contributed by atoms with E-state index in [4.69, 9.17) is 5.73 Å². The quantitative estimate of drug-likeness (QED) is 0.169. The molecule has 208 valence electrons. The number of carbonyl (C=O) groups is 1. The first-order chi connectivity index (χ1) is 18.0. The second kappa shape index (κ2) is 11.3. The molecule has 1 unspecified atom stereocenters. The summed E-state index contributed by atoms with van der Waals surface area (Å²) in [7, 11) is -14.5. The van der Waals surface area contributed by atoms with Crippen molar-refractivity contribution < 1.29 is 43.7 Å². The Balaban J connectivity index is 2.06. The number of benzene rings is 2. The molecule has 3 rings (SSSR count). The van der Waals surface area contributed by atoms with E-state index in [1.54, 1.807) is 36.4 Å². The molecular formula is C24H24N2O10S3. The van der Waals surface area contributed by atoms with Gasteiger partial charge in [-0.25, -0.2) is 0 Å². The van der Waals surface area contributed by atoms with Gasteiger partial charge in [0.2, 0.25) is 0 Å². The summed E-state index contributed by atoms with van der Waals surface area (Å²) in [6, 6.07) is 13.2. The Morgan fingerprint density at radius 1 is 0.897 bits per heavy atom. The molecule has 2 aromatic rings. The van der Waals surface area contributed by atoms with Gasteiger partial charge in [-0.2, -0.15) is 25.3 Å². The number of rotatable bonds is 8. The second-order valence-electron chi connectivity index (χ2n) is 8.42. The van der Waals surface area contributed by atoms with Crippen LogP contribution in [-0.4, -0.2) is 50.1 Å². The van der Waals surface area contributed by atoms with Crippen LogP contribution in [0, 0.1) is 0 Å². The monoisotopic (exact) mass is 596 g/mol. The van der Waals surface area contributed by atoms with Crippen LogP contribution < -0.4 is 11.1 Å². The number of hydrogen-bond acceptors (Lipinski definition) is 8. The van der Waals surface area contributed by atoms with Crippen LogP contribution in [0.4, 0.5) is 5.69 Å². The third-order valence-electron chi connectivity index (χ3n) is 5.71. The Morgan fingerprint density at radius 3 is 1.92 bits per heavy atom. The van der Waals surface area contributed by atoms with Crippen molar-refractivity contribution in [2.75, 3.05) is 5.73 Å². The average molecular weight is 597 g/mol. The van der Waals surface area contributed by atoms with E-state index in [1.807, 2.05) is 0 Å². The summed E-state index contributed by atoms with van der Waals surface area (Å²) in [5.74, 6) is -0.768. The van der Waals surface area contributed by atoms with Gasteiger partial charge in [-0.05, 0) is 72.0 Å². The molecule has 0 radical (unpaired) electrons. The van der Waals surface area contributed by atoms with Gasteiger partial charge in [-0.3, -0.25) is 18.5 Å². The lowest BCUT2D eigenvalue weighted by atomic mass is 9.98. The van der Waals surface area contributed by atoms with Crippen molar-refractivity contribution in [2.24, 2.45) is 0 Å². The molecule has 15 heteroatoms. The molecule has 39 heavy (non-hydrogen) atoms. The van der Waals surface area contributed by atoms with Gasteiger partial charge in [0.1, 0.15) is 5.25 Å². The molecule has 1 aliphatic carbocycles. The van der Waals surface area contributed by atoms with Crippen LogP contribution >= 0.6 is 0 Å². The maximum atomic E-state index is 13.1. The first kappa shape index (κ1) is 29.9. The molecule has 0 saturated heterocycles. The highest BCUT2D eigenvalue weighted by Gasteiger charge is 2.33. The van der Waals surface area contributed by atoms with E-state index < -0.39 is 51.3 Å². The van der Waals surface area contributed by atoms with Crippen molar-refractivity contribution in [3.8, 4) is 11.1 Å². The number of allylic oxidation sites excluding steroid dienone is 3. The highest BCUT2D eigenvalue weighted by Crippen LogP contribution is 2.33. The van der Waals surface area contributed by atoms with E-state index in [1.165, 1.54) is 12.1 Å². The molecule has 0 bridgehead atoms. The van der Waals surface area contributed by atoms with Gasteiger partial charge in [0.15, 0.2) is 0 Å². The molecule has 0 fully saturated rings. The van der Waals surface area contributed by atoms with Gasteiger partial charge < -0.3 is 11.1 Å². The van der Waals surface area contributed by atoms with Gasteiger partial charge in [-0.1, -0.05) is 30.8 Å². The van der Waals surface area contributed by atoms with Crippen molar-refractivity contribution in [2.45, 2.75) is 18.1 Å². The van der Waals surface area contributed by atoms with E-state index in [2.05, 4.69) is 11.9 Å². The highest BCUT2D eigenvalue weighted by atomic mass is 32.2. The minimum atomic E-state index is -5.08. The van der Waals surface area contributed by atoms with Gasteiger partial charge in [0.05, 0.1) is 9.81 Å². The number of amides is 1. The maximum Gasteiger partial charge on any atom is 0.294 e. The summed E-state index contributed by atoms with van der Waals surface area (Å²) in [6.07, 6.45) is 1.63. The average Bonchev–Trinajstić information content (AvgIpc) is 2.84. The van der Waals surface area contributed by atoms with Crippen LogP contribution in [0.15, 0.2) is 94.4 Å². The van der Waals surface area contributed by atoms with E-state index in [0.717, 1.165) is 23.3 Å². The first-order valence-electron chi connectivity index (χ1n) is 11.0. The molecule has 0 aromatic heterocycles. The highest BCUT2D eigenvalue weighted by molar-refractivity contribution is 7.90. The molecule has 1 atom stereocenters. The van der Waals surface area contributed by atoms with Crippen molar-refractivity contribution in [3.63, 3.8) is 0 Å². The largest absolute Gasteiger partial charge is 0.399 e. The SMILES string of the molecule is C=C(/C=C\C(NC(=O)c1ccc(-c2ccc(N)cc2)cc1)=C1/CCC(S(=O)(=O)O)C=C1S(=O)(=O)O)S(=O)(=O)O. The smallest absolute Gasteiger partial charge is 0.294 e.